The molecule has 0 aromatic carbocycles. The first-order chi connectivity index (χ1) is 11.7. The minimum atomic E-state index is 0.795. The normalized spacial score (nSPS) is 33.0. The second-order valence-corrected chi connectivity index (χ2v) is 10.7. The van der Waals surface area contributed by atoms with Crippen molar-refractivity contribution in [3.8, 4) is 0 Å². The van der Waals surface area contributed by atoms with E-state index in [4.69, 9.17) is 0 Å². The molecule has 4 saturated carbocycles. The van der Waals surface area contributed by atoms with Crippen molar-refractivity contribution in [3.05, 3.63) is 0 Å². The van der Waals surface area contributed by atoms with Crippen molar-refractivity contribution in [3.63, 3.8) is 0 Å². The van der Waals surface area contributed by atoms with Crippen molar-refractivity contribution in [2.45, 2.75) is 135 Å². The molecule has 0 atom stereocenters. The van der Waals surface area contributed by atoms with Gasteiger partial charge < -0.3 is 0 Å². The van der Waals surface area contributed by atoms with Crippen molar-refractivity contribution in [1.29, 1.82) is 0 Å². The SMILES string of the molecule is C1CCCC2(CCC1)CCC1(CC2)CCC2(CCCCCC2)CC1. The Labute approximate surface area is 151 Å². The van der Waals surface area contributed by atoms with Crippen molar-refractivity contribution in [1.82, 2.24) is 0 Å². The van der Waals surface area contributed by atoms with Gasteiger partial charge in [-0.05, 0) is 93.3 Å². The second kappa shape index (κ2) is 7.32. The Balaban J connectivity index is 1.34. The summed E-state index contributed by atoms with van der Waals surface area (Å²) in [4.78, 5) is 0. The monoisotopic (exact) mass is 330 g/mol. The summed E-state index contributed by atoms with van der Waals surface area (Å²) >= 11 is 0. The third-order valence-electron chi connectivity index (χ3n) is 9.32. The lowest BCUT2D eigenvalue weighted by Gasteiger charge is -2.53. The first kappa shape index (κ1) is 17.4. The summed E-state index contributed by atoms with van der Waals surface area (Å²) in [7, 11) is 0. The van der Waals surface area contributed by atoms with Crippen LogP contribution in [0.5, 0.6) is 0 Å². The van der Waals surface area contributed by atoms with E-state index in [0.29, 0.717) is 0 Å². The molecule has 4 aliphatic rings. The lowest BCUT2D eigenvalue weighted by atomic mass is 9.53. The summed E-state index contributed by atoms with van der Waals surface area (Å²) < 4.78 is 0. The van der Waals surface area contributed by atoms with Gasteiger partial charge >= 0.3 is 0 Å². The maximum atomic E-state index is 1.60. The lowest BCUT2D eigenvalue weighted by Crippen LogP contribution is -2.40. The molecule has 0 radical (unpaired) electrons. The molecule has 0 heteroatoms. The maximum absolute atomic E-state index is 1.60. The molecule has 4 rings (SSSR count). The van der Waals surface area contributed by atoms with Gasteiger partial charge in [-0.1, -0.05) is 57.8 Å². The van der Waals surface area contributed by atoms with E-state index < -0.39 is 0 Å². The van der Waals surface area contributed by atoms with E-state index in [9.17, 15) is 0 Å². The van der Waals surface area contributed by atoms with Gasteiger partial charge in [0.2, 0.25) is 0 Å². The summed E-state index contributed by atoms with van der Waals surface area (Å²) in [6.07, 6.45) is 32.9. The summed E-state index contributed by atoms with van der Waals surface area (Å²) in [5.74, 6) is 0. The number of hydrogen-bond acceptors (Lipinski definition) is 0. The van der Waals surface area contributed by atoms with Gasteiger partial charge in [0, 0.05) is 0 Å². The van der Waals surface area contributed by atoms with Crippen LogP contribution in [-0.2, 0) is 0 Å². The molecular formula is C24H42. The highest BCUT2D eigenvalue weighted by molar-refractivity contribution is 4.98. The zero-order chi connectivity index (χ0) is 16.3. The van der Waals surface area contributed by atoms with Crippen LogP contribution in [0.3, 0.4) is 0 Å². The van der Waals surface area contributed by atoms with Crippen LogP contribution in [0, 0.1) is 16.2 Å². The summed E-state index contributed by atoms with van der Waals surface area (Å²) in [6, 6.07) is 0. The van der Waals surface area contributed by atoms with Gasteiger partial charge in [-0.2, -0.15) is 0 Å². The molecule has 0 aromatic rings. The van der Waals surface area contributed by atoms with Crippen molar-refractivity contribution in [2.75, 3.05) is 0 Å². The van der Waals surface area contributed by atoms with Gasteiger partial charge in [-0.25, -0.2) is 0 Å². The van der Waals surface area contributed by atoms with Gasteiger partial charge in [0.25, 0.3) is 0 Å². The summed E-state index contributed by atoms with van der Waals surface area (Å²) in [6.45, 7) is 0. The predicted molar refractivity (Wildman–Crippen MR) is 104 cm³/mol. The van der Waals surface area contributed by atoms with Gasteiger partial charge in [0.05, 0.1) is 0 Å². The fourth-order valence-electron chi connectivity index (χ4n) is 7.26. The highest BCUT2D eigenvalue weighted by atomic mass is 14.5. The fourth-order valence-corrected chi connectivity index (χ4v) is 7.26. The van der Waals surface area contributed by atoms with E-state index in [2.05, 4.69) is 0 Å². The molecule has 0 heterocycles. The third-order valence-corrected chi connectivity index (χ3v) is 9.32. The Hall–Kier alpha value is 0. The maximum Gasteiger partial charge on any atom is -0.0297 e. The molecule has 138 valence electrons. The van der Waals surface area contributed by atoms with Gasteiger partial charge in [0.15, 0.2) is 0 Å². The van der Waals surface area contributed by atoms with Crippen LogP contribution in [-0.4, -0.2) is 0 Å². The largest absolute Gasteiger partial charge is 0.0533 e. The summed E-state index contributed by atoms with van der Waals surface area (Å²) in [5, 5.41) is 0. The van der Waals surface area contributed by atoms with Gasteiger partial charge in [-0.15, -0.1) is 0 Å². The minimum Gasteiger partial charge on any atom is -0.0533 e. The van der Waals surface area contributed by atoms with Gasteiger partial charge in [0.1, 0.15) is 0 Å². The Morgan fingerprint density at radius 2 is 0.417 bits per heavy atom. The van der Waals surface area contributed by atoms with Crippen LogP contribution in [0.15, 0.2) is 0 Å². The first-order valence-electron chi connectivity index (χ1n) is 11.7. The first-order valence-corrected chi connectivity index (χ1v) is 11.7. The highest BCUT2D eigenvalue weighted by Gasteiger charge is 2.47. The summed E-state index contributed by atoms with van der Waals surface area (Å²) in [5.41, 5.74) is 2.39. The Bertz CT molecular complexity index is 368. The topological polar surface area (TPSA) is 0 Å². The zero-order valence-corrected chi connectivity index (χ0v) is 16.3. The van der Waals surface area contributed by atoms with E-state index in [-0.39, 0.29) is 0 Å². The van der Waals surface area contributed by atoms with Crippen LogP contribution in [0.4, 0.5) is 0 Å². The molecule has 4 fully saturated rings. The molecule has 0 saturated heterocycles. The Morgan fingerprint density at radius 3 is 0.708 bits per heavy atom. The average molecular weight is 331 g/mol. The van der Waals surface area contributed by atoms with E-state index in [0.717, 1.165) is 16.2 Å². The second-order valence-electron chi connectivity index (χ2n) is 10.7. The Morgan fingerprint density at radius 1 is 0.208 bits per heavy atom. The molecule has 0 amide bonds. The number of rotatable bonds is 0. The lowest BCUT2D eigenvalue weighted by molar-refractivity contribution is -0.00891. The smallest absolute Gasteiger partial charge is 0.0297 e. The molecule has 0 aromatic heterocycles. The zero-order valence-electron chi connectivity index (χ0n) is 16.3. The molecule has 0 bridgehead atoms. The third kappa shape index (κ3) is 3.73. The fraction of sp³-hybridized carbons (Fsp3) is 1.00. The van der Waals surface area contributed by atoms with E-state index in [1.54, 1.807) is 77.0 Å². The van der Waals surface area contributed by atoms with E-state index in [1.165, 1.54) is 57.8 Å². The van der Waals surface area contributed by atoms with Crippen LogP contribution < -0.4 is 0 Å². The molecule has 4 aliphatic carbocycles. The van der Waals surface area contributed by atoms with Crippen LogP contribution in [0.2, 0.25) is 0 Å². The minimum absolute atomic E-state index is 0.795. The van der Waals surface area contributed by atoms with E-state index in [1.807, 2.05) is 0 Å². The molecule has 0 unspecified atom stereocenters. The average Bonchev–Trinajstić information content (AvgIpc) is 2.83. The Kier molecular flexibility index (Phi) is 5.31. The van der Waals surface area contributed by atoms with E-state index >= 15 is 0 Å². The molecule has 0 N–H and O–H groups in total. The van der Waals surface area contributed by atoms with Crippen molar-refractivity contribution < 1.29 is 0 Å². The molecule has 0 aliphatic heterocycles. The molecule has 0 nitrogen and oxygen atoms in total. The molecule has 24 heavy (non-hydrogen) atoms. The van der Waals surface area contributed by atoms with Gasteiger partial charge in [-0.3, -0.25) is 0 Å². The predicted octanol–water partition coefficient (Wildman–Crippen LogP) is 8.19. The molecular weight excluding hydrogens is 288 g/mol. The van der Waals surface area contributed by atoms with Crippen molar-refractivity contribution >= 4 is 0 Å². The molecule has 3 spiro atoms. The van der Waals surface area contributed by atoms with Crippen LogP contribution in [0.25, 0.3) is 0 Å². The number of hydrogen-bond donors (Lipinski definition) is 0. The van der Waals surface area contributed by atoms with Crippen LogP contribution in [0.1, 0.15) is 135 Å². The van der Waals surface area contributed by atoms with Crippen molar-refractivity contribution in [2.24, 2.45) is 16.2 Å². The standard InChI is InChI=1S/C24H42/c1-2-6-10-22(11-7-3-1)14-18-24(19-15-22)20-16-23(17-21-24)12-8-4-5-9-13-23/h1-21H2. The highest BCUT2D eigenvalue weighted by Crippen LogP contribution is 2.60. The quantitative estimate of drug-likeness (QED) is 0.420. The van der Waals surface area contributed by atoms with Crippen LogP contribution >= 0.6 is 0 Å².